The summed E-state index contributed by atoms with van der Waals surface area (Å²) in [6.07, 6.45) is 1.55. The van der Waals surface area contributed by atoms with Crippen LogP contribution in [0.4, 0.5) is 0 Å². The van der Waals surface area contributed by atoms with E-state index in [1.54, 1.807) is 11.0 Å². The zero-order valence-corrected chi connectivity index (χ0v) is 15.4. The van der Waals surface area contributed by atoms with Gasteiger partial charge in [0.2, 0.25) is 5.78 Å². The second-order valence-corrected chi connectivity index (χ2v) is 6.97. The minimum Gasteiger partial charge on any atom is -0.507 e. The summed E-state index contributed by atoms with van der Waals surface area (Å²) < 4.78 is 5.80. The van der Waals surface area contributed by atoms with Gasteiger partial charge in [-0.15, -0.1) is 0 Å². The minimum absolute atomic E-state index is 0.0213. The van der Waals surface area contributed by atoms with Gasteiger partial charge in [-0.05, 0) is 18.2 Å². The standard InChI is InChI=1S/C21H18N4O4/c26-16-6-5-13-19(27)17(11-15-12-3-1-2-4-14(12)23-24-15)29-20(13)18(16)21(28)25-9-7-22-8-10-25/h1-6,11,22,26H,7-10H2,(H,23,24). The van der Waals surface area contributed by atoms with Gasteiger partial charge in [-0.2, -0.15) is 5.10 Å². The number of phenols is 1. The fraction of sp³-hybridized carbons (Fsp3) is 0.190. The zero-order chi connectivity index (χ0) is 20.0. The van der Waals surface area contributed by atoms with Crippen molar-refractivity contribution in [2.45, 2.75) is 0 Å². The van der Waals surface area contributed by atoms with Crippen LogP contribution >= 0.6 is 0 Å². The van der Waals surface area contributed by atoms with Crippen LogP contribution in [0.3, 0.4) is 0 Å². The fourth-order valence-electron chi connectivity index (χ4n) is 3.69. The highest BCUT2D eigenvalue weighted by Crippen LogP contribution is 2.40. The van der Waals surface area contributed by atoms with Crippen molar-refractivity contribution in [2.75, 3.05) is 26.2 Å². The van der Waals surface area contributed by atoms with Gasteiger partial charge in [-0.25, -0.2) is 0 Å². The predicted molar refractivity (Wildman–Crippen MR) is 106 cm³/mol. The lowest BCUT2D eigenvalue weighted by Crippen LogP contribution is -2.46. The molecular formula is C21H18N4O4. The van der Waals surface area contributed by atoms with E-state index in [-0.39, 0.29) is 40.1 Å². The van der Waals surface area contributed by atoms with Crippen molar-refractivity contribution in [3.8, 4) is 11.5 Å². The van der Waals surface area contributed by atoms with Gasteiger partial charge in [0, 0.05) is 37.6 Å². The van der Waals surface area contributed by atoms with Gasteiger partial charge in [0.05, 0.1) is 16.8 Å². The van der Waals surface area contributed by atoms with Crippen LogP contribution in [0, 0.1) is 0 Å². The zero-order valence-electron chi connectivity index (χ0n) is 15.4. The van der Waals surface area contributed by atoms with Gasteiger partial charge < -0.3 is 20.1 Å². The molecule has 5 rings (SSSR count). The number of H-pyrrole nitrogens is 1. The van der Waals surface area contributed by atoms with Gasteiger partial charge in [0.15, 0.2) is 11.5 Å². The molecule has 146 valence electrons. The van der Waals surface area contributed by atoms with Crippen molar-refractivity contribution in [3.05, 3.63) is 59.0 Å². The quantitative estimate of drug-likeness (QED) is 0.577. The Morgan fingerprint density at radius 1 is 1.17 bits per heavy atom. The van der Waals surface area contributed by atoms with E-state index in [1.807, 2.05) is 24.3 Å². The largest absolute Gasteiger partial charge is 0.507 e. The lowest BCUT2D eigenvalue weighted by molar-refractivity contribution is 0.0729. The van der Waals surface area contributed by atoms with Crippen LogP contribution in [-0.2, 0) is 0 Å². The number of benzene rings is 2. The molecule has 2 aliphatic rings. The predicted octanol–water partition coefficient (Wildman–Crippen LogP) is 1.93. The highest BCUT2D eigenvalue weighted by atomic mass is 16.5. The molecule has 1 fully saturated rings. The Balaban J connectivity index is 1.54. The summed E-state index contributed by atoms with van der Waals surface area (Å²) >= 11 is 0. The number of rotatable bonds is 2. The lowest BCUT2D eigenvalue weighted by Gasteiger charge is -2.28. The average molecular weight is 390 g/mol. The first-order valence-corrected chi connectivity index (χ1v) is 9.37. The molecule has 0 radical (unpaired) electrons. The normalized spacial score (nSPS) is 17.6. The third-order valence-electron chi connectivity index (χ3n) is 5.20. The molecule has 1 aromatic heterocycles. The maximum atomic E-state index is 13.0. The van der Waals surface area contributed by atoms with Crippen LogP contribution in [0.1, 0.15) is 26.4 Å². The highest BCUT2D eigenvalue weighted by Gasteiger charge is 2.35. The number of allylic oxidation sites excluding steroid dienone is 1. The molecule has 2 aromatic carbocycles. The van der Waals surface area contributed by atoms with Crippen molar-refractivity contribution in [1.29, 1.82) is 0 Å². The Bertz CT molecular complexity index is 1170. The van der Waals surface area contributed by atoms with Crippen LogP contribution in [0.2, 0.25) is 0 Å². The second kappa shape index (κ2) is 6.75. The van der Waals surface area contributed by atoms with E-state index in [4.69, 9.17) is 4.74 Å². The molecule has 3 N–H and O–H groups in total. The summed E-state index contributed by atoms with van der Waals surface area (Å²) in [5, 5.41) is 21.5. The van der Waals surface area contributed by atoms with Gasteiger partial charge in [-0.1, -0.05) is 18.2 Å². The third-order valence-corrected chi connectivity index (χ3v) is 5.20. The summed E-state index contributed by atoms with van der Waals surface area (Å²) in [6, 6.07) is 10.4. The number of phenolic OH excluding ortho intramolecular Hbond substituents is 1. The number of carbonyl (C=O) groups is 2. The fourth-order valence-corrected chi connectivity index (χ4v) is 3.69. The van der Waals surface area contributed by atoms with Crippen molar-refractivity contribution in [2.24, 2.45) is 0 Å². The van der Waals surface area contributed by atoms with E-state index in [2.05, 4.69) is 15.5 Å². The molecule has 0 atom stereocenters. The number of fused-ring (bicyclic) bond motifs is 2. The Hall–Kier alpha value is -3.65. The number of carbonyl (C=O) groups excluding carboxylic acids is 2. The molecule has 3 aromatic rings. The SMILES string of the molecule is O=C1C(=Cc2n[nH]c3ccccc23)Oc2c1ccc(O)c2C(=O)N1CCNCC1. The number of aromatic nitrogens is 2. The van der Waals surface area contributed by atoms with Crippen LogP contribution in [0.5, 0.6) is 11.5 Å². The second-order valence-electron chi connectivity index (χ2n) is 6.97. The van der Waals surface area contributed by atoms with E-state index >= 15 is 0 Å². The number of hydrogen-bond acceptors (Lipinski definition) is 6. The van der Waals surface area contributed by atoms with Crippen molar-refractivity contribution >= 4 is 28.7 Å². The highest BCUT2D eigenvalue weighted by molar-refractivity contribution is 6.17. The number of nitrogens with one attached hydrogen (secondary N) is 2. The van der Waals surface area contributed by atoms with Crippen molar-refractivity contribution < 1.29 is 19.4 Å². The van der Waals surface area contributed by atoms with Gasteiger partial charge >= 0.3 is 0 Å². The monoisotopic (exact) mass is 390 g/mol. The van der Waals surface area contributed by atoms with Crippen LogP contribution in [-0.4, -0.2) is 58.1 Å². The van der Waals surface area contributed by atoms with Crippen LogP contribution < -0.4 is 10.1 Å². The Labute approximate surface area is 165 Å². The van der Waals surface area contributed by atoms with Crippen molar-refractivity contribution in [3.63, 3.8) is 0 Å². The number of piperazine rings is 1. The summed E-state index contributed by atoms with van der Waals surface area (Å²) in [5.74, 6) is -0.727. The van der Waals surface area contributed by atoms with E-state index < -0.39 is 0 Å². The number of ketones is 1. The molecule has 8 nitrogen and oxygen atoms in total. The van der Waals surface area contributed by atoms with E-state index in [1.165, 1.54) is 12.1 Å². The first-order valence-electron chi connectivity index (χ1n) is 9.37. The van der Waals surface area contributed by atoms with E-state index in [0.717, 1.165) is 10.9 Å². The van der Waals surface area contributed by atoms with Gasteiger partial charge in [0.1, 0.15) is 11.3 Å². The molecule has 0 spiro atoms. The smallest absolute Gasteiger partial charge is 0.261 e. The Morgan fingerprint density at radius 2 is 1.97 bits per heavy atom. The Kier molecular flexibility index (Phi) is 4.06. The molecule has 3 heterocycles. The number of para-hydroxylation sites is 1. The number of Topliss-reactive ketones (excluding diaryl/α,β-unsaturated/α-hetero) is 1. The topological polar surface area (TPSA) is 108 Å². The molecule has 1 amide bonds. The third kappa shape index (κ3) is 2.85. The number of aromatic hydroxyl groups is 1. The van der Waals surface area contributed by atoms with Crippen LogP contribution in [0.15, 0.2) is 42.2 Å². The molecule has 8 heteroatoms. The lowest BCUT2D eigenvalue weighted by atomic mass is 10.0. The first kappa shape index (κ1) is 17.4. The summed E-state index contributed by atoms with van der Waals surface area (Å²) in [4.78, 5) is 27.5. The number of amides is 1. The molecule has 0 unspecified atom stereocenters. The molecular weight excluding hydrogens is 372 g/mol. The molecule has 29 heavy (non-hydrogen) atoms. The maximum absolute atomic E-state index is 13.0. The average Bonchev–Trinajstić information content (AvgIpc) is 3.30. The van der Waals surface area contributed by atoms with E-state index in [9.17, 15) is 14.7 Å². The minimum atomic E-state index is -0.347. The number of nitrogens with zero attached hydrogens (tertiary/aromatic N) is 2. The molecule has 2 aliphatic heterocycles. The van der Waals surface area contributed by atoms with Gasteiger partial charge in [0.25, 0.3) is 5.91 Å². The molecule has 0 bridgehead atoms. The summed E-state index contributed by atoms with van der Waals surface area (Å²) in [7, 11) is 0. The molecule has 0 saturated carbocycles. The number of hydrogen-bond donors (Lipinski definition) is 3. The number of aromatic amines is 1. The molecule has 0 aliphatic carbocycles. The molecule has 1 saturated heterocycles. The maximum Gasteiger partial charge on any atom is 0.261 e. The van der Waals surface area contributed by atoms with Gasteiger partial charge in [-0.3, -0.25) is 14.7 Å². The first-order chi connectivity index (χ1) is 14.1. The summed E-state index contributed by atoms with van der Waals surface area (Å²) in [6.45, 7) is 2.41. The Morgan fingerprint density at radius 3 is 2.79 bits per heavy atom. The van der Waals surface area contributed by atoms with Crippen molar-refractivity contribution in [1.82, 2.24) is 20.4 Å². The van der Waals surface area contributed by atoms with Crippen LogP contribution in [0.25, 0.3) is 17.0 Å². The van der Waals surface area contributed by atoms with E-state index in [0.29, 0.717) is 31.9 Å². The number of ether oxygens (including phenoxy) is 1. The summed E-state index contributed by atoms with van der Waals surface area (Å²) in [5.41, 5.74) is 1.69.